The van der Waals surface area contributed by atoms with Crippen LogP contribution < -0.4 is 0 Å². The summed E-state index contributed by atoms with van der Waals surface area (Å²) in [5.74, 6) is 7.11. The Bertz CT molecular complexity index is 826. The Labute approximate surface area is 143 Å². The Morgan fingerprint density at radius 2 is 1.68 bits per heavy atom. The molecular weight excluding hydrogens is 324 g/mol. The highest BCUT2D eigenvalue weighted by Gasteiger charge is 2.82. The van der Waals surface area contributed by atoms with Crippen LogP contribution in [0.3, 0.4) is 0 Å². The Balaban J connectivity index is 1.21. The standard InChI is InChI=1S/C18H18N2O5/c21-19(22)8-2-1-7(12(3-8)20(23)24)6-25-13-5-11-14-9-4-10(9)15-17(13)16(11)18(14)15/h1-3,9-11,13-18H,4-6H2/t9-,10+,11-,13-,14+,15-,16-,17-,18+/m1/s1. The average Bonchev–Trinajstić information content (AvgIpc) is 3.24. The van der Waals surface area contributed by atoms with Crippen LogP contribution >= 0.6 is 0 Å². The van der Waals surface area contributed by atoms with E-state index in [1.807, 2.05) is 0 Å². The zero-order valence-electron chi connectivity index (χ0n) is 13.5. The number of nitro groups is 2. The summed E-state index contributed by atoms with van der Waals surface area (Å²) in [5.41, 5.74) is -0.0427. The molecule has 0 bridgehead atoms. The molecule has 0 aromatic heterocycles. The molecule has 5 aliphatic carbocycles. The summed E-state index contributed by atoms with van der Waals surface area (Å²) < 4.78 is 6.16. The van der Waals surface area contributed by atoms with Crippen molar-refractivity contribution in [3.63, 3.8) is 0 Å². The highest BCUT2D eigenvalue weighted by molar-refractivity contribution is 5.48. The van der Waals surface area contributed by atoms with Gasteiger partial charge in [0.2, 0.25) is 0 Å². The first-order valence-electron chi connectivity index (χ1n) is 9.09. The molecule has 9 atom stereocenters. The van der Waals surface area contributed by atoms with Crippen molar-refractivity contribution in [3.05, 3.63) is 44.0 Å². The molecule has 0 unspecified atom stereocenters. The summed E-state index contributed by atoms with van der Waals surface area (Å²) in [6.45, 7) is 0.172. The van der Waals surface area contributed by atoms with Crippen molar-refractivity contribution in [1.29, 1.82) is 0 Å². The van der Waals surface area contributed by atoms with Gasteiger partial charge in [0.15, 0.2) is 0 Å². The molecule has 5 aliphatic rings. The highest BCUT2D eigenvalue weighted by Crippen LogP contribution is 2.85. The fourth-order valence-electron chi connectivity index (χ4n) is 7.23. The van der Waals surface area contributed by atoms with Gasteiger partial charge >= 0.3 is 0 Å². The monoisotopic (exact) mass is 342 g/mol. The van der Waals surface area contributed by atoms with E-state index in [0.29, 0.717) is 11.5 Å². The molecule has 7 heteroatoms. The Morgan fingerprint density at radius 1 is 0.920 bits per heavy atom. The molecule has 7 nitrogen and oxygen atoms in total. The van der Waals surface area contributed by atoms with Crippen molar-refractivity contribution in [2.45, 2.75) is 25.6 Å². The number of non-ortho nitro benzene ring substituents is 1. The van der Waals surface area contributed by atoms with E-state index in [1.54, 1.807) is 0 Å². The lowest BCUT2D eigenvalue weighted by Gasteiger charge is -2.61. The van der Waals surface area contributed by atoms with Gasteiger partial charge in [0.25, 0.3) is 11.4 Å². The minimum Gasteiger partial charge on any atom is -0.373 e. The molecule has 0 saturated heterocycles. The first-order valence-corrected chi connectivity index (χ1v) is 9.09. The van der Waals surface area contributed by atoms with Crippen LogP contribution in [0.25, 0.3) is 0 Å². The van der Waals surface area contributed by atoms with Gasteiger partial charge in [-0.05, 0) is 66.3 Å². The molecule has 0 N–H and O–H groups in total. The summed E-state index contributed by atoms with van der Waals surface area (Å²) in [5, 5.41) is 22.1. The van der Waals surface area contributed by atoms with E-state index in [1.165, 1.54) is 18.6 Å². The van der Waals surface area contributed by atoms with Crippen LogP contribution in [-0.2, 0) is 11.3 Å². The third kappa shape index (κ3) is 1.60. The largest absolute Gasteiger partial charge is 0.373 e. The van der Waals surface area contributed by atoms with Crippen LogP contribution in [-0.4, -0.2) is 16.0 Å². The van der Waals surface area contributed by atoms with Crippen molar-refractivity contribution in [2.75, 3.05) is 0 Å². The van der Waals surface area contributed by atoms with Gasteiger partial charge in [-0.2, -0.15) is 0 Å². The van der Waals surface area contributed by atoms with Crippen LogP contribution in [0, 0.1) is 67.6 Å². The average molecular weight is 342 g/mol. The molecule has 25 heavy (non-hydrogen) atoms. The molecule has 130 valence electrons. The topological polar surface area (TPSA) is 95.5 Å². The predicted molar refractivity (Wildman–Crippen MR) is 85.5 cm³/mol. The maximum atomic E-state index is 11.3. The van der Waals surface area contributed by atoms with Crippen molar-refractivity contribution < 1.29 is 14.6 Å². The van der Waals surface area contributed by atoms with E-state index in [-0.39, 0.29) is 24.1 Å². The quantitative estimate of drug-likeness (QED) is 0.605. The van der Waals surface area contributed by atoms with E-state index in [9.17, 15) is 20.2 Å². The fraction of sp³-hybridized carbons (Fsp3) is 0.667. The van der Waals surface area contributed by atoms with Gasteiger partial charge in [0.05, 0.1) is 34.2 Å². The maximum Gasteiger partial charge on any atom is 0.281 e. The number of nitrogens with zero attached hydrogens (tertiary/aromatic N) is 2. The van der Waals surface area contributed by atoms with Gasteiger partial charge in [-0.15, -0.1) is 0 Å². The predicted octanol–water partition coefficient (Wildman–Crippen LogP) is 3.17. The van der Waals surface area contributed by atoms with Crippen LogP contribution in [0.15, 0.2) is 18.2 Å². The summed E-state index contributed by atoms with van der Waals surface area (Å²) in [6, 6.07) is 3.82. The van der Waals surface area contributed by atoms with Crippen molar-refractivity contribution in [1.82, 2.24) is 0 Å². The summed E-state index contributed by atoms with van der Waals surface area (Å²) in [6.07, 6.45) is 2.75. The van der Waals surface area contributed by atoms with E-state index >= 15 is 0 Å². The maximum absolute atomic E-state index is 11.3. The molecule has 1 aromatic carbocycles. The number of ether oxygens (including phenoxy) is 1. The number of nitro benzene ring substituents is 2. The molecule has 0 amide bonds. The molecular formula is C18H18N2O5. The zero-order valence-corrected chi connectivity index (χ0v) is 13.5. The highest BCUT2D eigenvalue weighted by atomic mass is 16.6. The summed E-state index contributed by atoms with van der Waals surface area (Å²) >= 11 is 0. The van der Waals surface area contributed by atoms with Gasteiger partial charge < -0.3 is 4.74 Å². The molecule has 0 heterocycles. The van der Waals surface area contributed by atoms with E-state index in [2.05, 4.69) is 0 Å². The minimum absolute atomic E-state index is 0.172. The lowest BCUT2D eigenvalue weighted by atomic mass is 9.43. The lowest BCUT2D eigenvalue weighted by molar-refractivity contribution is -0.394. The van der Waals surface area contributed by atoms with Crippen molar-refractivity contribution >= 4 is 11.4 Å². The smallest absolute Gasteiger partial charge is 0.281 e. The molecule has 5 fully saturated rings. The van der Waals surface area contributed by atoms with Gasteiger partial charge in [0.1, 0.15) is 0 Å². The van der Waals surface area contributed by atoms with E-state index in [4.69, 9.17) is 4.74 Å². The molecule has 6 rings (SSSR count). The van der Waals surface area contributed by atoms with E-state index in [0.717, 1.165) is 53.9 Å². The van der Waals surface area contributed by atoms with Gasteiger partial charge in [0, 0.05) is 6.07 Å². The number of fused-ring (bicyclic) bond motifs is 5. The normalized spacial score (nSPS) is 46.6. The Hall–Kier alpha value is -2.02. The van der Waals surface area contributed by atoms with Crippen molar-refractivity contribution in [3.8, 4) is 0 Å². The van der Waals surface area contributed by atoms with Crippen LogP contribution in [0.2, 0.25) is 0 Å². The first kappa shape index (κ1) is 14.2. The number of benzene rings is 1. The third-order valence-corrected chi connectivity index (χ3v) is 7.95. The van der Waals surface area contributed by atoms with Crippen LogP contribution in [0.4, 0.5) is 11.4 Å². The molecule has 1 aromatic rings. The SMILES string of the molecule is O=[N+]([O-])c1ccc(CO[C@@H]2C[C@@H]3[C@@H]4[C@@H]5C[C@@H]5[C@H]5[C@H]4[C@H]3[C@@H]52)c([N+](=O)[O-])c1. The van der Waals surface area contributed by atoms with Gasteiger partial charge in [-0.1, -0.05) is 0 Å². The third-order valence-electron chi connectivity index (χ3n) is 7.95. The minimum atomic E-state index is -0.608. The van der Waals surface area contributed by atoms with Gasteiger partial charge in [-0.25, -0.2) is 0 Å². The molecule has 5 saturated carbocycles. The second-order valence-electron chi connectivity index (χ2n) is 8.53. The number of rotatable bonds is 5. The second-order valence-corrected chi connectivity index (χ2v) is 8.53. The zero-order chi connectivity index (χ0) is 17.0. The molecule has 0 radical (unpaired) electrons. The lowest BCUT2D eigenvalue weighted by Crippen LogP contribution is -2.59. The van der Waals surface area contributed by atoms with Gasteiger partial charge in [-0.3, -0.25) is 20.2 Å². The van der Waals surface area contributed by atoms with E-state index < -0.39 is 9.85 Å². The van der Waals surface area contributed by atoms with Crippen LogP contribution in [0.1, 0.15) is 18.4 Å². The number of hydrogen-bond donors (Lipinski definition) is 0. The van der Waals surface area contributed by atoms with Crippen molar-refractivity contribution in [2.24, 2.45) is 47.3 Å². The second kappa shape index (κ2) is 4.38. The number of hydrogen-bond acceptors (Lipinski definition) is 5. The Kier molecular flexibility index (Phi) is 2.49. The fourth-order valence-corrected chi connectivity index (χ4v) is 7.23. The summed E-state index contributed by atoms with van der Waals surface area (Å²) in [4.78, 5) is 20.9. The Morgan fingerprint density at radius 3 is 2.44 bits per heavy atom. The molecule has 0 spiro atoms. The van der Waals surface area contributed by atoms with Crippen LogP contribution in [0.5, 0.6) is 0 Å². The first-order chi connectivity index (χ1) is 12.1. The molecule has 0 aliphatic heterocycles. The summed E-state index contributed by atoms with van der Waals surface area (Å²) in [7, 11) is 0.